The highest BCUT2D eigenvalue weighted by molar-refractivity contribution is 7.80. The molecule has 0 aromatic heterocycles. The Morgan fingerprint density at radius 3 is 2.38 bits per heavy atom. The molecule has 0 bridgehead atoms. The number of nitrogens with one attached hydrogen (secondary N) is 1. The van der Waals surface area contributed by atoms with Gasteiger partial charge in [-0.2, -0.15) is 0 Å². The Balaban J connectivity index is 2.26. The molecule has 1 saturated carbocycles. The van der Waals surface area contributed by atoms with Crippen LogP contribution in [0.1, 0.15) is 39.5 Å². The number of amides is 1. The predicted octanol–water partition coefficient (Wildman–Crippen LogP) is 1.97. The molecular formula is C11H20N2O2S. The molecule has 1 fully saturated rings. The summed E-state index contributed by atoms with van der Waals surface area (Å²) < 4.78 is 5.03. The van der Waals surface area contributed by atoms with Gasteiger partial charge in [0.25, 0.3) is 0 Å². The molecule has 0 spiro atoms. The number of hydrogen-bond donors (Lipinski definition) is 2. The summed E-state index contributed by atoms with van der Waals surface area (Å²) in [5, 5.41) is 2.86. The molecule has 1 aliphatic carbocycles. The second kappa shape index (κ2) is 6.03. The monoisotopic (exact) mass is 244 g/mol. The van der Waals surface area contributed by atoms with Crippen molar-refractivity contribution in [3.63, 3.8) is 0 Å². The summed E-state index contributed by atoms with van der Waals surface area (Å²) in [6.45, 7) is 3.67. The first kappa shape index (κ1) is 13.2. The third-order valence-electron chi connectivity index (χ3n) is 2.79. The minimum absolute atomic E-state index is 0.0760. The normalized spacial score (nSPS) is 25.2. The van der Waals surface area contributed by atoms with Crippen molar-refractivity contribution in [3.8, 4) is 0 Å². The van der Waals surface area contributed by atoms with Crippen molar-refractivity contribution in [1.82, 2.24) is 5.32 Å². The fourth-order valence-corrected chi connectivity index (χ4v) is 2.17. The average Bonchev–Trinajstić information content (AvgIpc) is 2.16. The number of nitrogens with two attached hydrogens (primary N) is 1. The number of thiocarbonyl (C=S) groups is 1. The average molecular weight is 244 g/mol. The Labute approximate surface area is 102 Å². The van der Waals surface area contributed by atoms with E-state index in [1.807, 2.05) is 13.8 Å². The van der Waals surface area contributed by atoms with Crippen LogP contribution in [0.5, 0.6) is 0 Å². The molecule has 1 rings (SSSR count). The molecule has 3 N–H and O–H groups in total. The lowest BCUT2D eigenvalue weighted by Gasteiger charge is -2.28. The zero-order valence-electron chi connectivity index (χ0n) is 9.86. The molecule has 0 aliphatic heterocycles. The van der Waals surface area contributed by atoms with Gasteiger partial charge < -0.3 is 15.8 Å². The van der Waals surface area contributed by atoms with E-state index in [9.17, 15) is 4.79 Å². The van der Waals surface area contributed by atoms with E-state index in [2.05, 4.69) is 5.32 Å². The second-order valence-electron chi connectivity index (χ2n) is 4.55. The first-order chi connectivity index (χ1) is 7.49. The summed E-state index contributed by atoms with van der Waals surface area (Å²) in [7, 11) is 0. The smallest absolute Gasteiger partial charge is 0.407 e. The Kier molecular flexibility index (Phi) is 4.99. The molecule has 0 radical (unpaired) electrons. The van der Waals surface area contributed by atoms with Gasteiger partial charge in [0, 0.05) is 12.0 Å². The lowest BCUT2D eigenvalue weighted by Crippen LogP contribution is -2.40. The summed E-state index contributed by atoms with van der Waals surface area (Å²) in [5.41, 5.74) is 5.60. The van der Waals surface area contributed by atoms with E-state index in [4.69, 9.17) is 22.7 Å². The fraction of sp³-hybridized carbons (Fsp3) is 0.818. The first-order valence-corrected chi connectivity index (χ1v) is 6.16. The predicted molar refractivity (Wildman–Crippen MR) is 67.3 cm³/mol. The molecule has 92 valence electrons. The standard InChI is InChI=1S/C11H20N2O2S/c1-7(2)15-11(14)13-9-5-3-8(4-6-9)10(12)16/h7-9H,3-6H2,1-2H3,(H2,12,16)(H,13,14). The number of carbonyl (C=O) groups is 1. The Bertz CT molecular complexity index is 261. The zero-order chi connectivity index (χ0) is 12.1. The van der Waals surface area contributed by atoms with Crippen LogP contribution >= 0.6 is 12.2 Å². The van der Waals surface area contributed by atoms with E-state index in [0.717, 1.165) is 25.7 Å². The SMILES string of the molecule is CC(C)OC(=O)NC1CCC(C(N)=S)CC1. The maximum absolute atomic E-state index is 11.4. The maximum Gasteiger partial charge on any atom is 0.407 e. The lowest BCUT2D eigenvalue weighted by molar-refractivity contribution is 0.109. The van der Waals surface area contributed by atoms with Crippen LogP contribution in [0.2, 0.25) is 0 Å². The van der Waals surface area contributed by atoms with Crippen molar-refractivity contribution in [3.05, 3.63) is 0 Å². The van der Waals surface area contributed by atoms with E-state index in [1.165, 1.54) is 0 Å². The molecule has 0 aromatic carbocycles. The number of carbonyl (C=O) groups excluding carboxylic acids is 1. The minimum Gasteiger partial charge on any atom is -0.447 e. The minimum atomic E-state index is -0.325. The molecule has 5 heteroatoms. The summed E-state index contributed by atoms with van der Waals surface area (Å²) in [6, 6.07) is 0.205. The summed E-state index contributed by atoms with van der Waals surface area (Å²) in [4.78, 5) is 12.0. The van der Waals surface area contributed by atoms with Gasteiger partial charge in [-0.3, -0.25) is 0 Å². The van der Waals surface area contributed by atoms with Crippen molar-refractivity contribution >= 4 is 23.3 Å². The van der Waals surface area contributed by atoms with Crippen molar-refractivity contribution in [1.29, 1.82) is 0 Å². The van der Waals surface area contributed by atoms with Crippen LogP contribution in [0.25, 0.3) is 0 Å². The lowest BCUT2D eigenvalue weighted by atomic mass is 9.86. The highest BCUT2D eigenvalue weighted by Gasteiger charge is 2.24. The number of rotatable bonds is 3. The van der Waals surface area contributed by atoms with Crippen LogP contribution < -0.4 is 11.1 Å². The highest BCUT2D eigenvalue weighted by atomic mass is 32.1. The van der Waals surface area contributed by atoms with E-state index >= 15 is 0 Å². The molecule has 16 heavy (non-hydrogen) atoms. The third kappa shape index (κ3) is 4.35. The molecule has 0 heterocycles. The van der Waals surface area contributed by atoms with E-state index in [-0.39, 0.29) is 18.2 Å². The van der Waals surface area contributed by atoms with Gasteiger partial charge in [0.05, 0.1) is 11.1 Å². The molecule has 0 aromatic rings. The van der Waals surface area contributed by atoms with E-state index < -0.39 is 0 Å². The Morgan fingerprint density at radius 2 is 1.94 bits per heavy atom. The van der Waals surface area contributed by atoms with Gasteiger partial charge in [-0.15, -0.1) is 0 Å². The van der Waals surface area contributed by atoms with E-state index in [1.54, 1.807) is 0 Å². The molecular weight excluding hydrogens is 224 g/mol. The van der Waals surface area contributed by atoms with Crippen LogP contribution in [-0.4, -0.2) is 23.2 Å². The van der Waals surface area contributed by atoms with Crippen LogP contribution in [0.15, 0.2) is 0 Å². The third-order valence-corrected chi connectivity index (χ3v) is 3.13. The highest BCUT2D eigenvalue weighted by Crippen LogP contribution is 2.24. The topological polar surface area (TPSA) is 64.3 Å². The number of alkyl carbamates (subject to hydrolysis) is 1. The van der Waals surface area contributed by atoms with Gasteiger partial charge >= 0.3 is 6.09 Å². The van der Waals surface area contributed by atoms with Crippen molar-refractivity contribution in [2.45, 2.75) is 51.7 Å². The van der Waals surface area contributed by atoms with Crippen LogP contribution in [0.4, 0.5) is 4.79 Å². The Morgan fingerprint density at radius 1 is 1.38 bits per heavy atom. The molecule has 4 nitrogen and oxygen atoms in total. The van der Waals surface area contributed by atoms with Gasteiger partial charge in [0.2, 0.25) is 0 Å². The summed E-state index contributed by atoms with van der Waals surface area (Å²) in [5.74, 6) is 0.342. The summed E-state index contributed by atoms with van der Waals surface area (Å²) >= 11 is 4.96. The number of ether oxygens (including phenoxy) is 1. The summed E-state index contributed by atoms with van der Waals surface area (Å²) in [6.07, 6.45) is 3.37. The largest absolute Gasteiger partial charge is 0.447 e. The van der Waals surface area contributed by atoms with Crippen molar-refractivity contribution in [2.75, 3.05) is 0 Å². The Hall–Kier alpha value is -0.840. The molecule has 0 atom stereocenters. The van der Waals surface area contributed by atoms with Gasteiger partial charge in [-0.25, -0.2) is 4.79 Å². The van der Waals surface area contributed by atoms with Crippen LogP contribution in [0.3, 0.4) is 0 Å². The van der Waals surface area contributed by atoms with Crippen LogP contribution in [0, 0.1) is 5.92 Å². The number of hydrogen-bond acceptors (Lipinski definition) is 3. The maximum atomic E-state index is 11.4. The second-order valence-corrected chi connectivity index (χ2v) is 5.02. The van der Waals surface area contributed by atoms with Crippen LogP contribution in [-0.2, 0) is 4.74 Å². The molecule has 0 unspecified atom stereocenters. The van der Waals surface area contributed by atoms with Crippen molar-refractivity contribution in [2.24, 2.45) is 11.7 Å². The van der Waals surface area contributed by atoms with Gasteiger partial charge in [-0.05, 0) is 39.5 Å². The fourth-order valence-electron chi connectivity index (χ4n) is 1.94. The van der Waals surface area contributed by atoms with Gasteiger partial charge in [-0.1, -0.05) is 12.2 Å². The molecule has 1 aliphatic rings. The van der Waals surface area contributed by atoms with Gasteiger partial charge in [0.1, 0.15) is 0 Å². The molecule has 1 amide bonds. The first-order valence-electron chi connectivity index (χ1n) is 5.75. The molecule has 0 saturated heterocycles. The zero-order valence-corrected chi connectivity index (χ0v) is 10.7. The quantitative estimate of drug-likeness (QED) is 0.745. The van der Waals surface area contributed by atoms with Gasteiger partial charge in [0.15, 0.2) is 0 Å². The van der Waals surface area contributed by atoms with E-state index in [0.29, 0.717) is 10.9 Å². The van der Waals surface area contributed by atoms with Crippen molar-refractivity contribution < 1.29 is 9.53 Å².